The fourth-order valence-corrected chi connectivity index (χ4v) is 2.72. The Morgan fingerprint density at radius 3 is 2.38 bits per heavy atom. The second-order valence-corrected chi connectivity index (χ2v) is 6.30. The molecule has 0 radical (unpaired) electrons. The zero-order valence-electron chi connectivity index (χ0n) is 15.2. The van der Waals surface area contributed by atoms with E-state index in [1.807, 2.05) is 14.0 Å². The van der Waals surface area contributed by atoms with Crippen LogP contribution in [0.3, 0.4) is 0 Å². The van der Waals surface area contributed by atoms with Gasteiger partial charge in [-0.15, -0.1) is 0 Å². The standard InChI is InChI=1S/C18H29F2N3O/c1-6-22-18(24)14-9-16(20)17(10-15(14)19)23(7-2)11-13(21-5)8-12(3)4/h9-10,12-13,21H,6-8,11H2,1-5H3,(H,22,24). The van der Waals surface area contributed by atoms with Crippen LogP contribution in [0.25, 0.3) is 0 Å². The minimum absolute atomic E-state index is 0.176. The van der Waals surface area contributed by atoms with E-state index < -0.39 is 17.5 Å². The highest BCUT2D eigenvalue weighted by molar-refractivity contribution is 5.94. The first-order valence-electron chi connectivity index (χ1n) is 8.53. The second kappa shape index (κ2) is 9.57. The molecule has 1 amide bonds. The molecule has 4 nitrogen and oxygen atoms in total. The first-order chi connectivity index (χ1) is 11.3. The Labute approximate surface area is 143 Å². The SMILES string of the molecule is CCNC(=O)c1cc(F)c(N(CC)CC(CC(C)C)NC)cc1F. The van der Waals surface area contributed by atoms with Crippen LogP contribution in [0.2, 0.25) is 0 Å². The number of anilines is 1. The van der Waals surface area contributed by atoms with E-state index in [9.17, 15) is 13.6 Å². The maximum atomic E-state index is 14.5. The lowest BCUT2D eigenvalue weighted by molar-refractivity contribution is 0.0951. The summed E-state index contributed by atoms with van der Waals surface area (Å²) < 4.78 is 28.7. The molecule has 0 fully saturated rings. The lowest BCUT2D eigenvalue weighted by atomic mass is 10.0. The van der Waals surface area contributed by atoms with Crippen molar-refractivity contribution in [2.45, 2.75) is 40.2 Å². The third-order valence-electron chi connectivity index (χ3n) is 3.95. The number of nitrogens with one attached hydrogen (secondary N) is 2. The Morgan fingerprint density at radius 2 is 1.88 bits per heavy atom. The summed E-state index contributed by atoms with van der Waals surface area (Å²) >= 11 is 0. The number of benzene rings is 1. The number of likely N-dealkylation sites (N-methyl/N-ethyl adjacent to an activating group) is 2. The summed E-state index contributed by atoms with van der Waals surface area (Å²) in [7, 11) is 1.87. The zero-order chi connectivity index (χ0) is 18.3. The molecule has 0 saturated heterocycles. The molecule has 0 saturated carbocycles. The second-order valence-electron chi connectivity index (χ2n) is 6.30. The lowest BCUT2D eigenvalue weighted by Gasteiger charge is -2.29. The van der Waals surface area contributed by atoms with E-state index >= 15 is 0 Å². The molecule has 0 aliphatic rings. The van der Waals surface area contributed by atoms with Gasteiger partial charge in [-0.3, -0.25) is 4.79 Å². The molecule has 1 aromatic rings. The fourth-order valence-electron chi connectivity index (χ4n) is 2.72. The highest BCUT2D eigenvalue weighted by atomic mass is 19.1. The molecule has 1 rings (SSSR count). The van der Waals surface area contributed by atoms with Crippen molar-refractivity contribution in [1.29, 1.82) is 0 Å². The van der Waals surface area contributed by atoms with Gasteiger partial charge in [-0.1, -0.05) is 13.8 Å². The molecule has 0 aromatic heterocycles. The van der Waals surface area contributed by atoms with Crippen LogP contribution in [-0.2, 0) is 0 Å². The van der Waals surface area contributed by atoms with Gasteiger partial charge in [0.1, 0.15) is 11.6 Å². The summed E-state index contributed by atoms with van der Waals surface area (Å²) in [5.74, 6) is -1.39. The average Bonchev–Trinajstić information content (AvgIpc) is 2.53. The molecular weight excluding hydrogens is 312 g/mol. The summed E-state index contributed by atoms with van der Waals surface area (Å²) in [4.78, 5) is 13.6. The van der Waals surface area contributed by atoms with Crippen molar-refractivity contribution in [3.05, 3.63) is 29.3 Å². The Bertz CT molecular complexity index is 549. The summed E-state index contributed by atoms with van der Waals surface area (Å²) in [5.41, 5.74) is -0.0754. The van der Waals surface area contributed by atoms with Crippen LogP contribution in [-0.4, -0.2) is 38.6 Å². The third kappa shape index (κ3) is 5.44. The largest absolute Gasteiger partial charge is 0.368 e. The maximum absolute atomic E-state index is 14.5. The Morgan fingerprint density at radius 1 is 1.21 bits per heavy atom. The number of hydrogen-bond donors (Lipinski definition) is 2. The van der Waals surface area contributed by atoms with Gasteiger partial charge in [0.25, 0.3) is 5.91 Å². The van der Waals surface area contributed by atoms with Gasteiger partial charge in [-0.2, -0.15) is 0 Å². The molecule has 1 aromatic carbocycles. The van der Waals surface area contributed by atoms with Crippen molar-refractivity contribution in [2.75, 3.05) is 31.6 Å². The van der Waals surface area contributed by atoms with E-state index in [0.29, 0.717) is 25.6 Å². The first-order valence-corrected chi connectivity index (χ1v) is 8.53. The predicted molar refractivity (Wildman–Crippen MR) is 94.6 cm³/mol. The van der Waals surface area contributed by atoms with Gasteiger partial charge in [-0.05, 0) is 39.3 Å². The zero-order valence-corrected chi connectivity index (χ0v) is 15.2. The number of halogens is 2. The van der Waals surface area contributed by atoms with Crippen molar-refractivity contribution < 1.29 is 13.6 Å². The van der Waals surface area contributed by atoms with Gasteiger partial charge < -0.3 is 15.5 Å². The summed E-state index contributed by atoms with van der Waals surface area (Å²) in [5, 5.41) is 5.71. The minimum Gasteiger partial charge on any atom is -0.368 e. The Balaban J connectivity index is 3.05. The molecule has 0 spiro atoms. The first kappa shape index (κ1) is 20.4. The molecular formula is C18H29F2N3O. The van der Waals surface area contributed by atoms with E-state index in [1.165, 1.54) is 0 Å². The van der Waals surface area contributed by atoms with Crippen LogP contribution >= 0.6 is 0 Å². The van der Waals surface area contributed by atoms with Crippen molar-refractivity contribution >= 4 is 11.6 Å². The van der Waals surface area contributed by atoms with Crippen LogP contribution in [0.15, 0.2) is 12.1 Å². The van der Waals surface area contributed by atoms with Crippen molar-refractivity contribution in [1.82, 2.24) is 10.6 Å². The third-order valence-corrected chi connectivity index (χ3v) is 3.95. The number of nitrogens with zero attached hydrogens (tertiary/aromatic N) is 1. The van der Waals surface area contributed by atoms with E-state index in [2.05, 4.69) is 24.5 Å². The van der Waals surface area contributed by atoms with Crippen molar-refractivity contribution in [2.24, 2.45) is 5.92 Å². The molecule has 6 heteroatoms. The molecule has 2 N–H and O–H groups in total. The number of hydrogen-bond acceptors (Lipinski definition) is 3. The highest BCUT2D eigenvalue weighted by Gasteiger charge is 2.20. The smallest absolute Gasteiger partial charge is 0.254 e. The van der Waals surface area contributed by atoms with Crippen molar-refractivity contribution in [3.8, 4) is 0 Å². The van der Waals surface area contributed by atoms with Crippen LogP contribution < -0.4 is 15.5 Å². The molecule has 1 atom stereocenters. The predicted octanol–water partition coefficient (Wildman–Crippen LogP) is 3.17. The van der Waals surface area contributed by atoms with Gasteiger partial charge in [0.05, 0.1) is 11.3 Å². The quantitative estimate of drug-likeness (QED) is 0.725. The number of rotatable bonds is 9. The number of carbonyl (C=O) groups excluding carboxylic acids is 1. The summed E-state index contributed by atoms with van der Waals surface area (Å²) in [6.07, 6.45) is 0.939. The van der Waals surface area contributed by atoms with Crippen LogP contribution in [0.5, 0.6) is 0 Å². The summed E-state index contributed by atoms with van der Waals surface area (Å²) in [6.45, 7) is 9.37. The van der Waals surface area contributed by atoms with Crippen LogP contribution in [0, 0.1) is 17.6 Å². The molecule has 24 heavy (non-hydrogen) atoms. The monoisotopic (exact) mass is 341 g/mol. The molecule has 0 aliphatic heterocycles. The molecule has 0 aliphatic carbocycles. The number of amides is 1. The van der Waals surface area contributed by atoms with E-state index in [-0.39, 0.29) is 17.3 Å². The molecule has 136 valence electrons. The van der Waals surface area contributed by atoms with Gasteiger partial charge >= 0.3 is 0 Å². The Hall–Kier alpha value is -1.69. The molecule has 1 unspecified atom stereocenters. The minimum atomic E-state index is -0.708. The van der Waals surface area contributed by atoms with E-state index in [1.54, 1.807) is 11.8 Å². The average molecular weight is 341 g/mol. The van der Waals surface area contributed by atoms with Crippen LogP contribution in [0.4, 0.5) is 14.5 Å². The molecule has 0 bridgehead atoms. The van der Waals surface area contributed by atoms with Gasteiger partial charge in [-0.25, -0.2) is 8.78 Å². The highest BCUT2D eigenvalue weighted by Crippen LogP contribution is 2.24. The number of carbonyl (C=O) groups is 1. The van der Waals surface area contributed by atoms with Crippen molar-refractivity contribution in [3.63, 3.8) is 0 Å². The van der Waals surface area contributed by atoms with Gasteiger partial charge in [0.15, 0.2) is 0 Å². The normalized spacial score (nSPS) is 12.3. The van der Waals surface area contributed by atoms with Crippen LogP contribution in [0.1, 0.15) is 44.5 Å². The van der Waals surface area contributed by atoms with Gasteiger partial charge in [0.2, 0.25) is 0 Å². The topological polar surface area (TPSA) is 44.4 Å². The fraction of sp³-hybridized carbons (Fsp3) is 0.611. The lowest BCUT2D eigenvalue weighted by Crippen LogP contribution is -2.40. The molecule has 0 heterocycles. The summed E-state index contributed by atoms with van der Waals surface area (Å²) in [6, 6.07) is 2.27. The van der Waals surface area contributed by atoms with E-state index in [4.69, 9.17) is 0 Å². The van der Waals surface area contributed by atoms with E-state index in [0.717, 1.165) is 18.6 Å². The maximum Gasteiger partial charge on any atom is 0.254 e. The Kier molecular flexibility index (Phi) is 8.11. The van der Waals surface area contributed by atoms with Gasteiger partial charge in [0, 0.05) is 31.7 Å².